The molecular formula is C23H19NO2. The van der Waals surface area contributed by atoms with Gasteiger partial charge in [0.15, 0.2) is 0 Å². The molecule has 0 fully saturated rings. The van der Waals surface area contributed by atoms with Crippen LogP contribution < -0.4 is 4.74 Å². The first-order chi connectivity index (χ1) is 12.7. The summed E-state index contributed by atoms with van der Waals surface area (Å²) in [6.45, 7) is 1.43. The minimum atomic E-state index is -0.318. The van der Waals surface area contributed by atoms with Crippen molar-refractivity contribution >= 4 is 16.9 Å². The fourth-order valence-electron chi connectivity index (χ4n) is 3.52. The predicted octanol–water partition coefficient (Wildman–Crippen LogP) is 5.44. The first-order valence-electron chi connectivity index (χ1n) is 8.57. The summed E-state index contributed by atoms with van der Waals surface area (Å²) in [6, 6.07) is 26.4. The average Bonchev–Trinajstić information content (AvgIpc) is 2.97. The summed E-state index contributed by atoms with van der Waals surface area (Å²) in [4.78, 5) is 11.6. The lowest BCUT2D eigenvalue weighted by Gasteiger charge is -2.09. The van der Waals surface area contributed by atoms with Gasteiger partial charge < -0.3 is 9.30 Å². The fourth-order valence-corrected chi connectivity index (χ4v) is 3.52. The van der Waals surface area contributed by atoms with Gasteiger partial charge >= 0.3 is 5.97 Å². The van der Waals surface area contributed by atoms with Crippen molar-refractivity contribution < 1.29 is 9.53 Å². The number of aryl methyl sites for hydroxylation is 1. The van der Waals surface area contributed by atoms with Crippen LogP contribution in [-0.4, -0.2) is 10.5 Å². The standard InChI is InChI=1S/C23H19NO2/c1-16(25)26-20-15-9-14-19-22(20)21(17-10-5-3-6-11-17)23(24(19)2)18-12-7-4-8-13-18/h3-15H,1-2H3. The molecule has 1 heterocycles. The van der Waals surface area contributed by atoms with Crippen LogP contribution in [0.1, 0.15) is 6.92 Å². The second-order valence-corrected chi connectivity index (χ2v) is 6.26. The molecule has 26 heavy (non-hydrogen) atoms. The van der Waals surface area contributed by atoms with Crippen LogP contribution in [0, 0.1) is 0 Å². The molecule has 0 aliphatic carbocycles. The Morgan fingerprint density at radius 1 is 0.808 bits per heavy atom. The van der Waals surface area contributed by atoms with Gasteiger partial charge in [0, 0.05) is 19.5 Å². The number of esters is 1. The fraction of sp³-hybridized carbons (Fsp3) is 0.0870. The van der Waals surface area contributed by atoms with Gasteiger partial charge in [0.25, 0.3) is 0 Å². The van der Waals surface area contributed by atoms with E-state index >= 15 is 0 Å². The molecule has 0 radical (unpaired) electrons. The largest absolute Gasteiger partial charge is 0.426 e. The van der Waals surface area contributed by atoms with Gasteiger partial charge in [0.1, 0.15) is 5.75 Å². The number of hydrogen-bond donors (Lipinski definition) is 0. The molecule has 0 unspecified atom stereocenters. The molecule has 3 nitrogen and oxygen atoms in total. The minimum Gasteiger partial charge on any atom is -0.426 e. The molecule has 0 amide bonds. The Morgan fingerprint density at radius 3 is 2.04 bits per heavy atom. The van der Waals surface area contributed by atoms with Crippen LogP contribution >= 0.6 is 0 Å². The Hall–Kier alpha value is -3.33. The molecule has 0 saturated carbocycles. The van der Waals surface area contributed by atoms with E-state index in [4.69, 9.17) is 4.74 Å². The highest BCUT2D eigenvalue weighted by Gasteiger charge is 2.21. The quantitative estimate of drug-likeness (QED) is 0.367. The summed E-state index contributed by atoms with van der Waals surface area (Å²) in [7, 11) is 2.05. The molecule has 128 valence electrons. The molecule has 4 rings (SSSR count). The molecule has 0 aliphatic heterocycles. The second kappa shape index (κ2) is 6.52. The lowest BCUT2D eigenvalue weighted by atomic mass is 9.98. The molecular weight excluding hydrogens is 322 g/mol. The lowest BCUT2D eigenvalue weighted by Crippen LogP contribution is -2.01. The Morgan fingerprint density at radius 2 is 1.42 bits per heavy atom. The smallest absolute Gasteiger partial charge is 0.308 e. The van der Waals surface area contributed by atoms with E-state index in [1.54, 1.807) is 0 Å². The van der Waals surface area contributed by atoms with Crippen molar-refractivity contribution in [2.24, 2.45) is 7.05 Å². The number of hydrogen-bond acceptors (Lipinski definition) is 2. The van der Waals surface area contributed by atoms with E-state index in [1.807, 2.05) is 48.5 Å². The van der Waals surface area contributed by atoms with E-state index in [0.29, 0.717) is 5.75 Å². The maximum atomic E-state index is 11.6. The van der Waals surface area contributed by atoms with Crippen LogP contribution in [0.2, 0.25) is 0 Å². The SMILES string of the molecule is CC(=O)Oc1cccc2c1c(-c1ccccc1)c(-c1ccccc1)n2C. The van der Waals surface area contributed by atoms with E-state index in [1.165, 1.54) is 6.92 Å². The number of aromatic nitrogens is 1. The number of nitrogens with zero attached hydrogens (tertiary/aromatic N) is 1. The van der Waals surface area contributed by atoms with Gasteiger partial charge in [0.05, 0.1) is 16.6 Å². The summed E-state index contributed by atoms with van der Waals surface area (Å²) in [6.07, 6.45) is 0. The molecule has 0 bridgehead atoms. The number of carbonyl (C=O) groups is 1. The van der Waals surface area contributed by atoms with Crippen molar-refractivity contribution in [1.82, 2.24) is 4.57 Å². The normalized spacial score (nSPS) is 10.8. The summed E-state index contributed by atoms with van der Waals surface area (Å²) in [5.74, 6) is 0.272. The van der Waals surface area contributed by atoms with Crippen molar-refractivity contribution in [3.05, 3.63) is 78.9 Å². The summed E-state index contributed by atoms with van der Waals surface area (Å²) < 4.78 is 7.71. The van der Waals surface area contributed by atoms with E-state index in [2.05, 4.69) is 41.9 Å². The Balaban J connectivity index is 2.14. The van der Waals surface area contributed by atoms with Gasteiger partial charge in [0.2, 0.25) is 0 Å². The number of ether oxygens (including phenoxy) is 1. The van der Waals surface area contributed by atoms with Crippen LogP contribution in [0.3, 0.4) is 0 Å². The highest BCUT2D eigenvalue weighted by Crippen LogP contribution is 2.44. The van der Waals surface area contributed by atoms with Gasteiger partial charge in [-0.15, -0.1) is 0 Å². The molecule has 0 atom stereocenters. The zero-order valence-corrected chi connectivity index (χ0v) is 14.8. The molecule has 3 heteroatoms. The van der Waals surface area contributed by atoms with Gasteiger partial charge in [-0.3, -0.25) is 4.79 Å². The Labute approximate surface area is 152 Å². The first kappa shape index (κ1) is 16.2. The summed E-state index contributed by atoms with van der Waals surface area (Å²) in [5, 5.41) is 0.954. The van der Waals surface area contributed by atoms with E-state index in [9.17, 15) is 4.79 Å². The molecule has 0 N–H and O–H groups in total. The van der Waals surface area contributed by atoms with Crippen LogP contribution in [0.25, 0.3) is 33.3 Å². The van der Waals surface area contributed by atoms with Crippen LogP contribution in [0.4, 0.5) is 0 Å². The number of carbonyl (C=O) groups excluding carboxylic acids is 1. The third-order valence-electron chi connectivity index (χ3n) is 4.55. The van der Waals surface area contributed by atoms with Crippen molar-refractivity contribution in [3.8, 4) is 28.1 Å². The molecule has 0 saturated heterocycles. The summed E-state index contributed by atoms with van der Waals surface area (Å²) in [5.41, 5.74) is 5.43. The van der Waals surface area contributed by atoms with Crippen LogP contribution in [0.15, 0.2) is 78.9 Å². The second-order valence-electron chi connectivity index (χ2n) is 6.26. The van der Waals surface area contributed by atoms with Crippen LogP contribution in [0.5, 0.6) is 5.75 Å². The zero-order chi connectivity index (χ0) is 18.1. The predicted molar refractivity (Wildman–Crippen MR) is 105 cm³/mol. The molecule has 1 aromatic heterocycles. The maximum Gasteiger partial charge on any atom is 0.308 e. The highest BCUT2D eigenvalue weighted by atomic mass is 16.5. The van der Waals surface area contributed by atoms with Crippen molar-refractivity contribution in [2.45, 2.75) is 6.92 Å². The maximum absolute atomic E-state index is 11.6. The van der Waals surface area contributed by atoms with Gasteiger partial charge in [-0.25, -0.2) is 0 Å². The molecule has 4 aromatic rings. The van der Waals surface area contributed by atoms with Crippen LogP contribution in [-0.2, 0) is 11.8 Å². The topological polar surface area (TPSA) is 31.2 Å². The lowest BCUT2D eigenvalue weighted by molar-refractivity contribution is -0.131. The van der Waals surface area contributed by atoms with E-state index < -0.39 is 0 Å². The van der Waals surface area contributed by atoms with Gasteiger partial charge in [-0.2, -0.15) is 0 Å². The van der Waals surface area contributed by atoms with Gasteiger partial charge in [-0.1, -0.05) is 66.7 Å². The first-order valence-corrected chi connectivity index (χ1v) is 8.57. The number of benzene rings is 3. The third kappa shape index (κ3) is 2.68. The van der Waals surface area contributed by atoms with Crippen molar-refractivity contribution in [1.29, 1.82) is 0 Å². The molecule has 0 aliphatic rings. The number of rotatable bonds is 3. The molecule has 0 spiro atoms. The average molecular weight is 341 g/mol. The molecule has 3 aromatic carbocycles. The Kier molecular flexibility index (Phi) is 4.05. The Bertz CT molecular complexity index is 1080. The van der Waals surface area contributed by atoms with Crippen molar-refractivity contribution in [3.63, 3.8) is 0 Å². The summed E-state index contributed by atoms with van der Waals surface area (Å²) >= 11 is 0. The third-order valence-corrected chi connectivity index (χ3v) is 4.55. The zero-order valence-electron chi connectivity index (χ0n) is 14.8. The van der Waals surface area contributed by atoms with Gasteiger partial charge in [-0.05, 0) is 23.3 Å². The van der Waals surface area contributed by atoms with Crippen molar-refractivity contribution in [2.75, 3.05) is 0 Å². The number of fused-ring (bicyclic) bond motifs is 1. The monoisotopic (exact) mass is 341 g/mol. The minimum absolute atomic E-state index is 0.318. The van der Waals surface area contributed by atoms with E-state index in [0.717, 1.165) is 33.3 Å². The highest BCUT2D eigenvalue weighted by molar-refractivity contribution is 6.08. The van der Waals surface area contributed by atoms with E-state index in [-0.39, 0.29) is 5.97 Å².